The monoisotopic (exact) mass is 282 g/mol. The molecule has 0 aliphatic carbocycles. The summed E-state index contributed by atoms with van der Waals surface area (Å²) in [6.45, 7) is 4.76. The fourth-order valence-electron chi connectivity index (χ4n) is 1.08. The summed E-state index contributed by atoms with van der Waals surface area (Å²) in [5, 5.41) is 8.57. The van der Waals surface area contributed by atoms with Crippen molar-refractivity contribution >= 4 is 22.3 Å². The number of rotatable bonds is 7. The number of hydrogen-bond donors (Lipinski definition) is 3. The number of nitrogens with one attached hydrogen (secondary N) is 2. The predicted molar refractivity (Wildman–Crippen MR) is 63.1 cm³/mol. The van der Waals surface area contributed by atoms with Crippen LogP contribution in [0.3, 0.4) is 0 Å². The molecule has 0 aromatic carbocycles. The van der Waals surface area contributed by atoms with Crippen LogP contribution in [0.2, 0.25) is 0 Å². The lowest BCUT2D eigenvalue weighted by molar-refractivity contribution is -0.137. The number of hydrogen-bond acceptors (Lipinski definition) is 5. The molecule has 0 aromatic rings. The number of aliphatic carboxylic acids is 1. The van der Waals surface area contributed by atoms with Crippen molar-refractivity contribution in [3.05, 3.63) is 0 Å². The number of carboxylic acid groups (broad SMARTS) is 1. The molecule has 0 saturated carbocycles. The Morgan fingerprint density at radius 1 is 1.33 bits per heavy atom. The molecular formula is C9H18N2O6S. The van der Waals surface area contributed by atoms with Gasteiger partial charge in [0.25, 0.3) is 0 Å². The van der Waals surface area contributed by atoms with Gasteiger partial charge in [-0.2, -0.15) is 13.1 Å². The third-order valence-electron chi connectivity index (χ3n) is 1.80. The molecule has 0 radical (unpaired) electrons. The van der Waals surface area contributed by atoms with E-state index in [2.05, 4.69) is 9.46 Å². The molecule has 3 N–H and O–H groups in total. The predicted octanol–water partition coefficient (Wildman–Crippen LogP) is 0.209. The maximum atomic E-state index is 11.5. The number of carbonyl (C=O) groups is 2. The summed E-state index contributed by atoms with van der Waals surface area (Å²) in [5.41, 5.74) is 0. The van der Waals surface area contributed by atoms with Gasteiger partial charge in [0.2, 0.25) is 0 Å². The van der Waals surface area contributed by atoms with Crippen LogP contribution in [-0.2, 0) is 19.7 Å². The molecule has 0 rings (SSSR count). The molecule has 0 heterocycles. The molecule has 106 valence electrons. The van der Waals surface area contributed by atoms with Crippen molar-refractivity contribution < 1.29 is 27.9 Å². The molecule has 1 amide bonds. The Morgan fingerprint density at radius 2 is 1.89 bits per heavy atom. The highest BCUT2D eigenvalue weighted by Gasteiger charge is 2.21. The summed E-state index contributed by atoms with van der Waals surface area (Å²) in [5.74, 6) is -1.13. The summed E-state index contributed by atoms with van der Waals surface area (Å²) in [6, 6.07) is -0.785. The molecule has 0 aliphatic heterocycles. The van der Waals surface area contributed by atoms with Crippen molar-refractivity contribution in [1.29, 1.82) is 0 Å². The molecular weight excluding hydrogens is 264 g/mol. The lowest BCUT2D eigenvalue weighted by Crippen LogP contribution is -2.46. The average molecular weight is 282 g/mol. The Hall–Kier alpha value is -1.35. The van der Waals surface area contributed by atoms with Gasteiger partial charge < -0.3 is 9.84 Å². The normalized spacial score (nSPS) is 13.1. The van der Waals surface area contributed by atoms with Crippen molar-refractivity contribution in [2.45, 2.75) is 45.8 Å². The van der Waals surface area contributed by atoms with Crippen molar-refractivity contribution in [2.24, 2.45) is 0 Å². The second-order valence-electron chi connectivity index (χ2n) is 3.88. The Balaban J connectivity index is 4.45. The fraction of sp³-hybridized carbons (Fsp3) is 0.778. The summed E-state index contributed by atoms with van der Waals surface area (Å²) in [7, 11) is -4.12. The SMILES string of the molecule is CCC(CC(=O)O)NS(=O)(=O)NC(=O)OC(C)C. The van der Waals surface area contributed by atoms with Crippen LogP contribution in [0.25, 0.3) is 0 Å². The van der Waals surface area contributed by atoms with Gasteiger partial charge in [0.15, 0.2) is 0 Å². The van der Waals surface area contributed by atoms with Gasteiger partial charge >= 0.3 is 22.3 Å². The van der Waals surface area contributed by atoms with Crippen molar-refractivity contribution in [1.82, 2.24) is 9.44 Å². The largest absolute Gasteiger partial charge is 0.481 e. The molecule has 0 aromatic heterocycles. The maximum absolute atomic E-state index is 11.5. The standard InChI is InChI=1S/C9H18N2O6S/c1-4-7(5-8(12)13)10-18(15,16)11-9(14)17-6(2)3/h6-7,10H,4-5H2,1-3H3,(H,11,14)(H,12,13). The van der Waals surface area contributed by atoms with E-state index in [4.69, 9.17) is 5.11 Å². The minimum absolute atomic E-state index is 0.284. The number of ether oxygens (including phenoxy) is 1. The van der Waals surface area contributed by atoms with Gasteiger partial charge in [-0.15, -0.1) is 0 Å². The third kappa shape index (κ3) is 7.85. The quantitative estimate of drug-likeness (QED) is 0.613. The molecule has 1 atom stereocenters. The first kappa shape index (κ1) is 16.6. The lowest BCUT2D eigenvalue weighted by Gasteiger charge is -2.16. The van der Waals surface area contributed by atoms with E-state index in [1.54, 1.807) is 25.5 Å². The topological polar surface area (TPSA) is 122 Å². The molecule has 0 aliphatic rings. The van der Waals surface area contributed by atoms with E-state index < -0.39 is 34.4 Å². The van der Waals surface area contributed by atoms with Crippen LogP contribution in [0.5, 0.6) is 0 Å². The summed E-state index contributed by atoms with van der Waals surface area (Å²) in [4.78, 5) is 21.6. The Morgan fingerprint density at radius 3 is 2.28 bits per heavy atom. The number of carboxylic acids is 1. The highest BCUT2D eigenvalue weighted by atomic mass is 32.2. The first-order valence-corrected chi connectivity index (χ1v) is 6.87. The average Bonchev–Trinajstić information content (AvgIpc) is 2.12. The molecule has 18 heavy (non-hydrogen) atoms. The molecule has 8 nitrogen and oxygen atoms in total. The minimum atomic E-state index is -4.12. The van der Waals surface area contributed by atoms with Gasteiger partial charge in [-0.3, -0.25) is 4.79 Å². The fourth-order valence-corrected chi connectivity index (χ4v) is 2.09. The van der Waals surface area contributed by atoms with Crippen molar-refractivity contribution in [3.63, 3.8) is 0 Å². The van der Waals surface area contributed by atoms with Gasteiger partial charge in [-0.05, 0) is 20.3 Å². The number of amides is 1. The first-order chi connectivity index (χ1) is 8.16. The second kappa shape index (κ2) is 7.17. The summed E-state index contributed by atoms with van der Waals surface area (Å²) in [6.07, 6.45) is -1.65. The van der Waals surface area contributed by atoms with Crippen LogP contribution in [0, 0.1) is 0 Å². The summed E-state index contributed by atoms with van der Waals surface area (Å²) < 4.78 is 31.2. The molecule has 9 heteroatoms. The zero-order valence-corrected chi connectivity index (χ0v) is 11.3. The van der Waals surface area contributed by atoms with E-state index in [9.17, 15) is 18.0 Å². The van der Waals surface area contributed by atoms with E-state index in [1.807, 2.05) is 0 Å². The molecule has 0 saturated heterocycles. The second-order valence-corrected chi connectivity index (χ2v) is 5.33. The van der Waals surface area contributed by atoms with E-state index in [0.717, 1.165) is 0 Å². The highest BCUT2D eigenvalue weighted by molar-refractivity contribution is 7.88. The van der Waals surface area contributed by atoms with Gasteiger partial charge in [-0.1, -0.05) is 6.92 Å². The minimum Gasteiger partial charge on any atom is -0.481 e. The van der Waals surface area contributed by atoms with Crippen LogP contribution < -0.4 is 9.44 Å². The van der Waals surface area contributed by atoms with Crippen LogP contribution in [0.15, 0.2) is 0 Å². The van der Waals surface area contributed by atoms with Gasteiger partial charge in [0.1, 0.15) is 0 Å². The van der Waals surface area contributed by atoms with Crippen LogP contribution >= 0.6 is 0 Å². The smallest absolute Gasteiger partial charge is 0.422 e. The van der Waals surface area contributed by atoms with Crippen LogP contribution in [0.4, 0.5) is 4.79 Å². The van der Waals surface area contributed by atoms with Crippen molar-refractivity contribution in [2.75, 3.05) is 0 Å². The van der Waals surface area contributed by atoms with Crippen molar-refractivity contribution in [3.8, 4) is 0 Å². The third-order valence-corrected chi connectivity index (χ3v) is 2.88. The van der Waals surface area contributed by atoms with E-state index in [-0.39, 0.29) is 12.8 Å². The zero-order chi connectivity index (χ0) is 14.3. The molecule has 0 spiro atoms. The van der Waals surface area contributed by atoms with E-state index in [0.29, 0.717) is 0 Å². The summed E-state index contributed by atoms with van der Waals surface area (Å²) >= 11 is 0. The number of carbonyl (C=O) groups excluding carboxylic acids is 1. The van der Waals surface area contributed by atoms with E-state index in [1.165, 1.54) is 0 Å². The molecule has 0 bridgehead atoms. The van der Waals surface area contributed by atoms with Gasteiger partial charge in [0.05, 0.1) is 12.5 Å². The van der Waals surface area contributed by atoms with Crippen LogP contribution in [0.1, 0.15) is 33.6 Å². The molecule has 0 fully saturated rings. The van der Waals surface area contributed by atoms with Crippen LogP contribution in [-0.4, -0.2) is 37.7 Å². The Bertz CT molecular complexity index is 392. The van der Waals surface area contributed by atoms with Gasteiger partial charge in [0, 0.05) is 6.04 Å². The Labute approximate surface area is 106 Å². The maximum Gasteiger partial charge on any atom is 0.422 e. The highest BCUT2D eigenvalue weighted by Crippen LogP contribution is 2.00. The Kier molecular flexibility index (Phi) is 6.63. The first-order valence-electron chi connectivity index (χ1n) is 5.38. The van der Waals surface area contributed by atoms with Gasteiger partial charge in [-0.25, -0.2) is 9.52 Å². The lowest BCUT2D eigenvalue weighted by atomic mass is 10.2. The zero-order valence-electron chi connectivity index (χ0n) is 10.5. The molecule has 1 unspecified atom stereocenters. The van der Waals surface area contributed by atoms with E-state index >= 15 is 0 Å².